The van der Waals surface area contributed by atoms with Crippen LogP contribution in [0.3, 0.4) is 0 Å². The van der Waals surface area contributed by atoms with E-state index in [0.717, 1.165) is 4.72 Å². The van der Waals surface area contributed by atoms with Crippen molar-refractivity contribution in [2.45, 2.75) is 0 Å². The molecule has 0 rings (SSSR count). The Balaban J connectivity index is 3.91. The van der Waals surface area contributed by atoms with E-state index >= 15 is 0 Å². The van der Waals surface area contributed by atoms with Crippen molar-refractivity contribution in [3.63, 3.8) is 0 Å². The Morgan fingerprint density at radius 2 is 2.11 bits per heavy atom. The molecule has 0 saturated carbocycles. The summed E-state index contributed by atoms with van der Waals surface area (Å²) in [6.45, 7) is 0. The molecule has 1 radical (unpaired) electrons. The first-order valence-electron chi connectivity index (χ1n) is 1.67. The number of carbonyl (C=O) groups excluding carboxylic acids is 1. The smallest absolute Gasteiger partial charge is 0.422 e. The van der Waals surface area contributed by atoms with Gasteiger partial charge in [0.1, 0.15) is 7.11 Å². The van der Waals surface area contributed by atoms with Gasteiger partial charge in [-0.2, -0.15) is 13.1 Å². The maximum atomic E-state index is 9.89. The average molecular weight is 154 g/mol. The molecule has 0 saturated heterocycles. The standard InChI is InChI=1S/C2H4NO5S/c1-8-2(4)3-9(5,6)7/h1H2,(H,3,4)(H,5,6,7). The number of rotatable bonds is 1. The molecule has 0 spiro atoms. The van der Waals surface area contributed by atoms with Crippen LogP contribution in [-0.2, 0) is 15.0 Å². The number of carbonyl (C=O) groups is 1. The van der Waals surface area contributed by atoms with Crippen molar-refractivity contribution in [2.24, 2.45) is 0 Å². The Labute approximate surface area is 51.7 Å². The highest BCUT2D eigenvalue weighted by Crippen LogP contribution is 1.76. The summed E-state index contributed by atoms with van der Waals surface area (Å²) in [6.07, 6.45) is -1.34. The third kappa shape index (κ3) is 5.04. The summed E-state index contributed by atoms with van der Waals surface area (Å²) < 4.78 is 31.9. The highest BCUT2D eigenvalue weighted by molar-refractivity contribution is 7.84. The summed E-state index contributed by atoms with van der Waals surface area (Å²) in [5.74, 6) is 0. The minimum atomic E-state index is -4.50. The van der Waals surface area contributed by atoms with Gasteiger partial charge >= 0.3 is 16.4 Å². The van der Waals surface area contributed by atoms with Gasteiger partial charge in [-0.3, -0.25) is 4.55 Å². The van der Waals surface area contributed by atoms with Crippen LogP contribution >= 0.6 is 0 Å². The first-order valence-corrected chi connectivity index (χ1v) is 3.11. The predicted octanol–water partition coefficient (Wildman–Crippen LogP) is -0.693. The number of hydrogen-bond donors (Lipinski definition) is 2. The molecule has 0 aromatic heterocycles. The van der Waals surface area contributed by atoms with Gasteiger partial charge in [-0.05, 0) is 0 Å². The van der Waals surface area contributed by atoms with Gasteiger partial charge in [0.05, 0.1) is 0 Å². The molecule has 0 aromatic carbocycles. The van der Waals surface area contributed by atoms with Crippen LogP contribution in [0.15, 0.2) is 0 Å². The molecule has 0 unspecified atom stereocenters. The first-order chi connectivity index (χ1) is 3.95. The number of nitrogens with one attached hydrogen (secondary N) is 1. The van der Waals surface area contributed by atoms with Crippen LogP contribution in [0, 0.1) is 7.11 Å². The van der Waals surface area contributed by atoms with Crippen molar-refractivity contribution in [3.05, 3.63) is 7.11 Å². The lowest BCUT2D eigenvalue weighted by Gasteiger charge is -1.95. The van der Waals surface area contributed by atoms with Gasteiger partial charge in [-0.1, -0.05) is 0 Å². The molecule has 7 heteroatoms. The van der Waals surface area contributed by atoms with Crippen LogP contribution in [-0.4, -0.2) is 19.1 Å². The molecule has 0 heterocycles. The van der Waals surface area contributed by atoms with Crippen molar-refractivity contribution < 1.29 is 22.5 Å². The third-order valence-corrected chi connectivity index (χ3v) is 0.768. The van der Waals surface area contributed by atoms with Gasteiger partial charge in [0, 0.05) is 0 Å². The normalized spacial score (nSPS) is 10.4. The fraction of sp³-hybridized carbons (Fsp3) is 0. The molecule has 53 valence electrons. The molecular weight excluding hydrogens is 150 g/mol. The Kier molecular flexibility index (Phi) is 2.41. The van der Waals surface area contributed by atoms with E-state index < -0.39 is 16.4 Å². The molecular formula is C2H4NO5S. The van der Waals surface area contributed by atoms with E-state index in [9.17, 15) is 13.2 Å². The van der Waals surface area contributed by atoms with Crippen molar-refractivity contribution >= 4 is 16.4 Å². The fourth-order valence-electron chi connectivity index (χ4n) is 0.135. The highest BCUT2D eigenvalue weighted by atomic mass is 32.2. The lowest BCUT2D eigenvalue weighted by molar-refractivity contribution is 0.189. The Morgan fingerprint density at radius 1 is 1.67 bits per heavy atom. The fourth-order valence-corrected chi connectivity index (χ4v) is 0.404. The van der Waals surface area contributed by atoms with Crippen molar-refractivity contribution in [1.82, 2.24) is 4.72 Å². The van der Waals surface area contributed by atoms with Crippen LogP contribution in [0.4, 0.5) is 4.79 Å². The summed E-state index contributed by atoms with van der Waals surface area (Å²) in [6, 6.07) is 0. The van der Waals surface area contributed by atoms with Gasteiger partial charge in [-0.15, -0.1) is 0 Å². The van der Waals surface area contributed by atoms with Crippen molar-refractivity contribution in [1.29, 1.82) is 0 Å². The van der Waals surface area contributed by atoms with Crippen LogP contribution < -0.4 is 4.72 Å². The molecule has 9 heavy (non-hydrogen) atoms. The molecule has 1 amide bonds. The predicted molar refractivity (Wildman–Crippen MR) is 26.5 cm³/mol. The minimum absolute atomic E-state index is 1.07. The lowest BCUT2D eigenvalue weighted by atomic mass is 11.2. The molecule has 0 bridgehead atoms. The lowest BCUT2D eigenvalue weighted by Crippen LogP contribution is -2.28. The number of amides is 1. The summed E-state index contributed by atoms with van der Waals surface area (Å²) in [4.78, 5) is 9.89. The Hall–Kier alpha value is -0.820. The van der Waals surface area contributed by atoms with E-state index in [2.05, 4.69) is 11.8 Å². The van der Waals surface area contributed by atoms with E-state index in [0.29, 0.717) is 0 Å². The van der Waals surface area contributed by atoms with Gasteiger partial charge in [0.15, 0.2) is 0 Å². The van der Waals surface area contributed by atoms with E-state index in [1.807, 2.05) is 0 Å². The molecule has 0 aliphatic carbocycles. The molecule has 6 nitrogen and oxygen atoms in total. The van der Waals surface area contributed by atoms with Gasteiger partial charge < -0.3 is 4.74 Å². The van der Waals surface area contributed by atoms with Crippen LogP contribution in [0.25, 0.3) is 0 Å². The maximum Gasteiger partial charge on any atom is 0.422 e. The van der Waals surface area contributed by atoms with Crippen LogP contribution in [0.1, 0.15) is 0 Å². The zero-order chi connectivity index (χ0) is 7.49. The van der Waals surface area contributed by atoms with Crippen LogP contribution in [0.2, 0.25) is 0 Å². The quantitative estimate of drug-likeness (QED) is 0.487. The SMILES string of the molecule is [CH2]OC(=O)NS(=O)(=O)O. The molecule has 0 aliphatic rings. The largest absolute Gasteiger partial charge is 0.445 e. The van der Waals surface area contributed by atoms with Crippen molar-refractivity contribution in [2.75, 3.05) is 0 Å². The zero-order valence-electron chi connectivity index (χ0n) is 4.20. The topological polar surface area (TPSA) is 92.7 Å². The van der Waals surface area contributed by atoms with E-state index in [-0.39, 0.29) is 0 Å². The van der Waals surface area contributed by atoms with E-state index in [1.165, 1.54) is 0 Å². The molecule has 0 fully saturated rings. The van der Waals surface area contributed by atoms with Gasteiger partial charge in [0.25, 0.3) is 0 Å². The summed E-state index contributed by atoms with van der Waals surface area (Å²) in [5.41, 5.74) is 0. The Bertz CT molecular complexity index is 193. The first kappa shape index (κ1) is 8.18. The third-order valence-electron chi connectivity index (χ3n) is 0.343. The second-order valence-corrected chi connectivity index (χ2v) is 2.16. The summed E-state index contributed by atoms with van der Waals surface area (Å²) >= 11 is 0. The van der Waals surface area contributed by atoms with Gasteiger partial charge in [0.2, 0.25) is 0 Å². The molecule has 0 atom stereocenters. The highest BCUT2D eigenvalue weighted by Gasteiger charge is 2.08. The van der Waals surface area contributed by atoms with Crippen LogP contribution in [0.5, 0.6) is 0 Å². The van der Waals surface area contributed by atoms with E-state index in [4.69, 9.17) is 4.55 Å². The monoisotopic (exact) mass is 154 g/mol. The average Bonchev–Trinajstić information content (AvgIpc) is 1.62. The molecule has 2 N–H and O–H groups in total. The zero-order valence-corrected chi connectivity index (χ0v) is 5.01. The number of hydrogen-bond acceptors (Lipinski definition) is 4. The number of ether oxygens (including phenoxy) is 1. The molecule has 0 aliphatic heterocycles. The second-order valence-electron chi connectivity index (χ2n) is 1.01. The second kappa shape index (κ2) is 2.65. The summed E-state index contributed by atoms with van der Waals surface area (Å²) in [5, 5.41) is 0. The maximum absolute atomic E-state index is 9.89. The minimum Gasteiger partial charge on any atom is -0.445 e. The molecule has 0 aromatic rings. The van der Waals surface area contributed by atoms with E-state index in [1.54, 1.807) is 0 Å². The summed E-state index contributed by atoms with van der Waals surface area (Å²) in [7, 11) is -1.92. The van der Waals surface area contributed by atoms with Crippen molar-refractivity contribution in [3.8, 4) is 0 Å². The Morgan fingerprint density at radius 3 is 2.22 bits per heavy atom. The van der Waals surface area contributed by atoms with Gasteiger partial charge in [-0.25, -0.2) is 4.79 Å².